The molecule has 2 rings (SSSR count). The first kappa shape index (κ1) is 18.4. The lowest BCUT2D eigenvalue weighted by Gasteiger charge is -2.08. The minimum atomic E-state index is -1.10. The number of benzene rings is 2. The summed E-state index contributed by atoms with van der Waals surface area (Å²) in [6.07, 6.45) is 0. The molecule has 23 heavy (non-hydrogen) atoms. The molecule has 2 aromatic carbocycles. The molecule has 2 atom stereocenters. The van der Waals surface area contributed by atoms with Gasteiger partial charge in [0.15, 0.2) is 0 Å². The highest BCUT2D eigenvalue weighted by Crippen LogP contribution is 2.25. The van der Waals surface area contributed by atoms with Crippen LogP contribution in [0.3, 0.4) is 0 Å². The minimum Gasteiger partial charge on any atom is -0.544 e. The van der Waals surface area contributed by atoms with Crippen LogP contribution in [-0.2, 0) is 9.59 Å². The molecular formula is C17H21NO5. The molecule has 0 amide bonds. The van der Waals surface area contributed by atoms with Crippen LogP contribution in [0.1, 0.15) is 25.3 Å². The van der Waals surface area contributed by atoms with Gasteiger partial charge in [0.25, 0.3) is 0 Å². The average molecular weight is 319 g/mol. The number of rotatable bonds is 4. The maximum absolute atomic E-state index is 10.9. The minimum absolute atomic E-state index is 0.485. The highest BCUT2D eigenvalue weighted by molar-refractivity contribution is 5.86. The molecule has 0 heterocycles. The fraction of sp³-hybridized carbons (Fsp3) is 0.294. The van der Waals surface area contributed by atoms with Crippen LogP contribution in [-0.4, -0.2) is 30.2 Å². The molecule has 6 nitrogen and oxygen atoms in total. The van der Waals surface area contributed by atoms with E-state index in [0.29, 0.717) is 0 Å². The van der Waals surface area contributed by atoms with E-state index in [0.717, 1.165) is 22.1 Å². The van der Waals surface area contributed by atoms with Crippen molar-refractivity contribution < 1.29 is 30.3 Å². The quantitative estimate of drug-likeness (QED) is 0.847. The molecule has 0 saturated carbocycles. The maximum Gasteiger partial charge on any atom is 0.310 e. The summed E-state index contributed by atoms with van der Waals surface area (Å²) in [6.45, 7) is 3.16. The Kier molecular flexibility index (Phi) is 6.53. The van der Waals surface area contributed by atoms with Gasteiger partial charge >= 0.3 is 5.97 Å². The van der Waals surface area contributed by atoms with Crippen molar-refractivity contribution in [2.24, 2.45) is 0 Å². The molecule has 0 unspecified atom stereocenters. The molecule has 0 aliphatic heterocycles. The van der Waals surface area contributed by atoms with Gasteiger partial charge < -0.3 is 25.5 Å². The lowest BCUT2D eigenvalue weighted by Crippen LogP contribution is -2.66. The molecule has 6 heteroatoms. The lowest BCUT2D eigenvalue weighted by atomic mass is 9.98. The normalized spacial score (nSPS) is 12.7. The summed E-state index contributed by atoms with van der Waals surface area (Å²) in [7, 11) is 1.63. The molecule has 0 spiro atoms. The van der Waals surface area contributed by atoms with Crippen molar-refractivity contribution in [1.82, 2.24) is 0 Å². The third kappa shape index (κ3) is 5.27. The standard InChI is InChI=1S/C14H14O3.C3H7NO2/c1-9(14(15)16)10-3-4-12-8-13(17-2)6-5-11(12)7-10;1-2(4)3(5)6/h3-9H,1-2H3,(H,15,16);2H,4H2,1H3,(H,5,6)/t9-;2-/m01/s1. The van der Waals surface area contributed by atoms with Crippen LogP contribution in [0.15, 0.2) is 36.4 Å². The number of quaternary nitrogens is 1. The van der Waals surface area contributed by atoms with Gasteiger partial charge in [-0.1, -0.05) is 24.3 Å². The molecular weight excluding hydrogens is 298 g/mol. The number of carboxylic acid groups (broad SMARTS) is 2. The van der Waals surface area contributed by atoms with Gasteiger partial charge in [-0.15, -0.1) is 0 Å². The van der Waals surface area contributed by atoms with E-state index in [1.165, 1.54) is 6.92 Å². The molecule has 0 aliphatic rings. The monoisotopic (exact) mass is 319 g/mol. The van der Waals surface area contributed by atoms with E-state index in [-0.39, 0.29) is 0 Å². The molecule has 0 aromatic heterocycles. The SMILES string of the molecule is COc1ccc2cc([C@H](C)C(=O)O)ccc2c1.C[C@@H]([NH3+])C(=O)[O-]. The Labute approximate surface area is 134 Å². The van der Waals surface area contributed by atoms with E-state index in [1.54, 1.807) is 14.0 Å². The van der Waals surface area contributed by atoms with E-state index < -0.39 is 23.9 Å². The molecule has 0 radical (unpaired) electrons. The summed E-state index contributed by atoms with van der Waals surface area (Å²) in [5, 5.41) is 20.6. The van der Waals surface area contributed by atoms with Crippen LogP contribution in [0.25, 0.3) is 10.8 Å². The molecule has 0 bridgehead atoms. The van der Waals surface area contributed by atoms with Gasteiger partial charge in [-0.05, 0) is 42.3 Å². The zero-order chi connectivity index (χ0) is 17.6. The van der Waals surface area contributed by atoms with Gasteiger partial charge in [0.05, 0.1) is 19.0 Å². The Balaban J connectivity index is 0.000000379. The second kappa shape index (κ2) is 8.14. The van der Waals surface area contributed by atoms with Gasteiger partial charge in [-0.3, -0.25) is 4.79 Å². The molecule has 0 fully saturated rings. The van der Waals surface area contributed by atoms with Crippen molar-refractivity contribution in [3.8, 4) is 5.75 Å². The number of hydrogen-bond donors (Lipinski definition) is 2. The molecule has 4 N–H and O–H groups in total. The Hall–Kier alpha value is -2.60. The molecule has 2 aromatic rings. The number of carboxylic acids is 2. The zero-order valence-corrected chi connectivity index (χ0v) is 13.4. The Morgan fingerprint density at radius 3 is 2.13 bits per heavy atom. The van der Waals surface area contributed by atoms with Crippen molar-refractivity contribution in [3.63, 3.8) is 0 Å². The zero-order valence-electron chi connectivity index (χ0n) is 13.4. The summed E-state index contributed by atoms with van der Waals surface area (Å²) >= 11 is 0. The van der Waals surface area contributed by atoms with Crippen molar-refractivity contribution in [3.05, 3.63) is 42.0 Å². The summed E-state index contributed by atoms with van der Waals surface area (Å²) in [6, 6.07) is 10.8. The lowest BCUT2D eigenvalue weighted by molar-refractivity contribution is -0.432. The number of carbonyl (C=O) groups is 2. The van der Waals surface area contributed by atoms with E-state index in [2.05, 4.69) is 5.73 Å². The van der Waals surface area contributed by atoms with Crippen molar-refractivity contribution >= 4 is 22.7 Å². The highest BCUT2D eigenvalue weighted by Gasteiger charge is 2.13. The van der Waals surface area contributed by atoms with Crippen LogP contribution < -0.4 is 15.6 Å². The van der Waals surface area contributed by atoms with Crippen molar-refractivity contribution in [1.29, 1.82) is 0 Å². The largest absolute Gasteiger partial charge is 0.544 e. The van der Waals surface area contributed by atoms with Crippen LogP contribution in [0.4, 0.5) is 0 Å². The summed E-state index contributed by atoms with van der Waals surface area (Å²) in [4.78, 5) is 20.4. The van der Waals surface area contributed by atoms with Gasteiger partial charge in [0.1, 0.15) is 11.8 Å². The fourth-order valence-corrected chi connectivity index (χ4v) is 1.78. The molecule has 0 saturated heterocycles. The summed E-state index contributed by atoms with van der Waals surface area (Å²) in [5.74, 6) is -1.59. The van der Waals surface area contributed by atoms with Crippen LogP contribution >= 0.6 is 0 Å². The number of aliphatic carboxylic acids is 2. The summed E-state index contributed by atoms with van der Waals surface area (Å²) < 4.78 is 5.14. The van der Waals surface area contributed by atoms with Gasteiger partial charge in [0, 0.05) is 0 Å². The highest BCUT2D eigenvalue weighted by atomic mass is 16.5. The third-order valence-electron chi connectivity index (χ3n) is 3.34. The molecule has 0 aliphatic carbocycles. The second-order valence-electron chi connectivity index (χ2n) is 5.25. The van der Waals surface area contributed by atoms with E-state index in [9.17, 15) is 14.7 Å². The third-order valence-corrected chi connectivity index (χ3v) is 3.34. The van der Waals surface area contributed by atoms with Gasteiger partial charge in [0.2, 0.25) is 0 Å². The molecule has 124 valence electrons. The van der Waals surface area contributed by atoms with Crippen molar-refractivity contribution in [2.75, 3.05) is 7.11 Å². The Morgan fingerprint density at radius 2 is 1.65 bits per heavy atom. The topological polar surface area (TPSA) is 114 Å². The van der Waals surface area contributed by atoms with Crippen LogP contribution in [0.5, 0.6) is 5.75 Å². The van der Waals surface area contributed by atoms with E-state index in [1.807, 2.05) is 36.4 Å². The van der Waals surface area contributed by atoms with Crippen LogP contribution in [0, 0.1) is 0 Å². The average Bonchev–Trinajstić information content (AvgIpc) is 2.53. The first-order valence-electron chi connectivity index (χ1n) is 7.10. The predicted octanol–water partition coefficient (Wildman–Crippen LogP) is 0.403. The predicted molar refractivity (Wildman–Crippen MR) is 83.9 cm³/mol. The Morgan fingerprint density at radius 1 is 1.13 bits per heavy atom. The van der Waals surface area contributed by atoms with E-state index in [4.69, 9.17) is 9.84 Å². The number of hydrogen-bond acceptors (Lipinski definition) is 4. The Bertz CT molecular complexity index is 696. The smallest absolute Gasteiger partial charge is 0.310 e. The van der Waals surface area contributed by atoms with Crippen molar-refractivity contribution in [2.45, 2.75) is 25.8 Å². The number of methoxy groups -OCH3 is 1. The van der Waals surface area contributed by atoms with E-state index >= 15 is 0 Å². The second-order valence-corrected chi connectivity index (χ2v) is 5.25. The van der Waals surface area contributed by atoms with Gasteiger partial charge in [-0.25, -0.2) is 0 Å². The van der Waals surface area contributed by atoms with Crippen LogP contribution in [0.2, 0.25) is 0 Å². The summed E-state index contributed by atoms with van der Waals surface area (Å²) in [5.41, 5.74) is 3.99. The number of fused-ring (bicyclic) bond motifs is 1. The fourth-order valence-electron chi connectivity index (χ4n) is 1.78. The number of ether oxygens (including phenoxy) is 1. The number of carbonyl (C=O) groups excluding carboxylic acids is 1. The first-order chi connectivity index (χ1) is 10.8. The van der Waals surface area contributed by atoms with Gasteiger partial charge in [-0.2, -0.15) is 0 Å². The maximum atomic E-state index is 10.9. The first-order valence-corrected chi connectivity index (χ1v) is 7.10.